The van der Waals surface area contributed by atoms with Crippen molar-refractivity contribution in [1.29, 1.82) is 0 Å². The van der Waals surface area contributed by atoms with Gasteiger partial charge in [-0.15, -0.1) is 0 Å². The van der Waals surface area contributed by atoms with Gasteiger partial charge in [-0.25, -0.2) is 0 Å². The first-order valence-corrected chi connectivity index (χ1v) is 7.95. The molecule has 3 nitrogen and oxygen atoms in total. The monoisotopic (exact) mass is 298 g/mol. The molecule has 0 aliphatic carbocycles. The van der Waals surface area contributed by atoms with Crippen molar-refractivity contribution < 1.29 is 4.74 Å². The first-order valence-electron chi connectivity index (χ1n) is 7.95. The van der Waals surface area contributed by atoms with Gasteiger partial charge in [0, 0.05) is 19.6 Å². The van der Waals surface area contributed by atoms with E-state index in [1.807, 2.05) is 0 Å². The van der Waals surface area contributed by atoms with E-state index in [2.05, 4.69) is 72.6 Å². The first-order chi connectivity index (χ1) is 10.8. The van der Waals surface area contributed by atoms with E-state index in [0.29, 0.717) is 0 Å². The van der Waals surface area contributed by atoms with Gasteiger partial charge in [-0.2, -0.15) is 0 Å². The summed E-state index contributed by atoms with van der Waals surface area (Å²) < 4.78 is 5.62. The smallest absolute Gasteiger partial charge is 0.142 e. The molecule has 1 N–H and O–H groups in total. The first kappa shape index (κ1) is 16.4. The van der Waals surface area contributed by atoms with Crippen LogP contribution < -0.4 is 15.0 Å². The van der Waals surface area contributed by atoms with Gasteiger partial charge < -0.3 is 15.0 Å². The number of hydrogen-bond acceptors (Lipinski definition) is 3. The van der Waals surface area contributed by atoms with Gasteiger partial charge in [0.05, 0.1) is 12.8 Å². The van der Waals surface area contributed by atoms with Crippen LogP contribution >= 0.6 is 0 Å². The molecule has 3 heteroatoms. The summed E-state index contributed by atoms with van der Waals surface area (Å²) >= 11 is 0. The van der Waals surface area contributed by atoms with Crippen LogP contribution in [-0.4, -0.2) is 20.2 Å². The highest BCUT2D eigenvalue weighted by Crippen LogP contribution is 2.30. The average Bonchev–Trinajstić information content (AvgIpc) is 2.58. The van der Waals surface area contributed by atoms with Crippen LogP contribution in [0, 0.1) is 0 Å². The van der Waals surface area contributed by atoms with Crippen molar-refractivity contribution in [2.75, 3.05) is 25.1 Å². The fourth-order valence-electron chi connectivity index (χ4n) is 2.53. The zero-order valence-electron chi connectivity index (χ0n) is 13.8. The van der Waals surface area contributed by atoms with Crippen molar-refractivity contribution in [2.24, 2.45) is 0 Å². The van der Waals surface area contributed by atoms with Crippen LogP contribution in [0.3, 0.4) is 0 Å². The molecule has 0 fully saturated rings. The van der Waals surface area contributed by atoms with Crippen molar-refractivity contribution in [3.05, 3.63) is 59.7 Å². The van der Waals surface area contributed by atoms with E-state index in [1.54, 1.807) is 7.11 Å². The second kappa shape index (κ2) is 8.44. The van der Waals surface area contributed by atoms with Gasteiger partial charge in [0.25, 0.3) is 0 Å². The van der Waals surface area contributed by atoms with Crippen molar-refractivity contribution in [1.82, 2.24) is 5.32 Å². The van der Waals surface area contributed by atoms with Gasteiger partial charge in [0.15, 0.2) is 0 Å². The summed E-state index contributed by atoms with van der Waals surface area (Å²) in [6, 6.07) is 17.0. The van der Waals surface area contributed by atoms with Gasteiger partial charge >= 0.3 is 0 Å². The number of rotatable bonds is 8. The van der Waals surface area contributed by atoms with Gasteiger partial charge in [0.1, 0.15) is 5.75 Å². The fourth-order valence-corrected chi connectivity index (χ4v) is 2.53. The Balaban J connectivity index is 2.20. The molecule has 0 aromatic heterocycles. The van der Waals surface area contributed by atoms with Crippen molar-refractivity contribution in [3.8, 4) is 5.75 Å². The maximum absolute atomic E-state index is 5.62. The summed E-state index contributed by atoms with van der Waals surface area (Å²) in [6.45, 7) is 7.97. The molecule has 0 spiro atoms. The highest BCUT2D eigenvalue weighted by atomic mass is 16.5. The van der Waals surface area contributed by atoms with E-state index in [9.17, 15) is 0 Å². The summed E-state index contributed by atoms with van der Waals surface area (Å²) in [6.07, 6.45) is 0. The summed E-state index contributed by atoms with van der Waals surface area (Å²) in [5.41, 5.74) is 3.70. The number of nitrogens with zero attached hydrogens (tertiary/aromatic N) is 1. The molecule has 0 unspecified atom stereocenters. The number of methoxy groups -OCH3 is 1. The van der Waals surface area contributed by atoms with Crippen LogP contribution in [0.4, 0.5) is 5.69 Å². The second-order valence-corrected chi connectivity index (χ2v) is 5.29. The van der Waals surface area contributed by atoms with Crippen molar-refractivity contribution in [2.45, 2.75) is 26.9 Å². The van der Waals surface area contributed by atoms with Crippen molar-refractivity contribution >= 4 is 5.69 Å². The minimum absolute atomic E-state index is 0.873. The molecule has 0 atom stereocenters. The third kappa shape index (κ3) is 4.25. The number of ether oxygens (including phenoxy) is 1. The lowest BCUT2D eigenvalue weighted by atomic mass is 10.1. The molecular formula is C19H26N2O. The molecule has 0 saturated heterocycles. The molecule has 0 bridgehead atoms. The van der Waals surface area contributed by atoms with Crippen LogP contribution in [0.15, 0.2) is 48.5 Å². The predicted molar refractivity (Wildman–Crippen MR) is 93.5 cm³/mol. The molecule has 0 aliphatic heterocycles. The predicted octanol–water partition coefficient (Wildman–Crippen LogP) is 3.83. The molecule has 0 radical (unpaired) electrons. The Morgan fingerprint density at radius 2 is 1.77 bits per heavy atom. The molecule has 0 amide bonds. The SMILES string of the molecule is CCNCc1ccc(N(CC)Cc2ccccc2)c(OC)c1. The highest BCUT2D eigenvalue weighted by Gasteiger charge is 2.12. The Kier molecular flexibility index (Phi) is 6.28. The quantitative estimate of drug-likeness (QED) is 0.801. The Morgan fingerprint density at radius 3 is 2.41 bits per heavy atom. The van der Waals surface area contributed by atoms with Gasteiger partial charge in [-0.05, 0) is 36.7 Å². The summed E-state index contributed by atoms with van der Waals surface area (Å²) in [5.74, 6) is 0.938. The highest BCUT2D eigenvalue weighted by molar-refractivity contribution is 5.60. The van der Waals surface area contributed by atoms with Crippen LogP contribution in [0.5, 0.6) is 5.75 Å². The van der Waals surface area contributed by atoms with Crippen LogP contribution in [0.2, 0.25) is 0 Å². The fraction of sp³-hybridized carbons (Fsp3) is 0.368. The summed E-state index contributed by atoms with van der Waals surface area (Å²) in [7, 11) is 1.74. The number of hydrogen-bond donors (Lipinski definition) is 1. The zero-order chi connectivity index (χ0) is 15.8. The zero-order valence-corrected chi connectivity index (χ0v) is 13.8. The van der Waals surface area contributed by atoms with E-state index >= 15 is 0 Å². The Labute approximate surface area is 133 Å². The van der Waals surface area contributed by atoms with Crippen LogP contribution in [0.1, 0.15) is 25.0 Å². The van der Waals surface area contributed by atoms with Crippen LogP contribution in [-0.2, 0) is 13.1 Å². The van der Waals surface area contributed by atoms with Gasteiger partial charge in [-0.1, -0.05) is 43.3 Å². The Morgan fingerprint density at radius 1 is 1.00 bits per heavy atom. The molecule has 0 heterocycles. The second-order valence-electron chi connectivity index (χ2n) is 5.29. The molecule has 0 aliphatic rings. The molecule has 0 saturated carbocycles. The normalized spacial score (nSPS) is 10.5. The topological polar surface area (TPSA) is 24.5 Å². The average molecular weight is 298 g/mol. The van der Waals surface area contributed by atoms with Gasteiger partial charge in [-0.3, -0.25) is 0 Å². The maximum Gasteiger partial charge on any atom is 0.142 e. The van der Waals surface area contributed by atoms with E-state index in [0.717, 1.165) is 37.6 Å². The summed E-state index contributed by atoms with van der Waals surface area (Å²) in [4.78, 5) is 2.34. The molecule has 22 heavy (non-hydrogen) atoms. The number of anilines is 1. The lowest BCUT2D eigenvalue weighted by Gasteiger charge is -2.25. The van der Waals surface area contributed by atoms with E-state index in [4.69, 9.17) is 4.74 Å². The molecular weight excluding hydrogens is 272 g/mol. The standard InChI is InChI=1S/C19H26N2O/c1-4-20-14-17-11-12-18(19(13-17)22-3)21(5-2)15-16-9-7-6-8-10-16/h6-13,20H,4-5,14-15H2,1-3H3. The Bertz CT molecular complexity index is 569. The largest absolute Gasteiger partial charge is 0.495 e. The summed E-state index contributed by atoms with van der Waals surface area (Å²) in [5, 5.41) is 3.35. The van der Waals surface area contributed by atoms with Gasteiger partial charge in [0.2, 0.25) is 0 Å². The molecule has 118 valence electrons. The number of nitrogens with one attached hydrogen (secondary N) is 1. The number of benzene rings is 2. The van der Waals surface area contributed by atoms with E-state index < -0.39 is 0 Å². The maximum atomic E-state index is 5.62. The lowest BCUT2D eigenvalue weighted by Crippen LogP contribution is -2.22. The molecule has 2 aromatic rings. The third-order valence-corrected chi connectivity index (χ3v) is 3.76. The minimum Gasteiger partial charge on any atom is -0.495 e. The lowest BCUT2D eigenvalue weighted by molar-refractivity contribution is 0.413. The van der Waals surface area contributed by atoms with E-state index in [-0.39, 0.29) is 0 Å². The minimum atomic E-state index is 0.873. The Hall–Kier alpha value is -2.00. The van der Waals surface area contributed by atoms with E-state index in [1.165, 1.54) is 11.1 Å². The molecule has 2 aromatic carbocycles. The van der Waals surface area contributed by atoms with Crippen molar-refractivity contribution in [3.63, 3.8) is 0 Å². The van der Waals surface area contributed by atoms with Crippen LogP contribution in [0.25, 0.3) is 0 Å². The molecule has 2 rings (SSSR count). The third-order valence-electron chi connectivity index (χ3n) is 3.76.